The second-order valence-corrected chi connectivity index (χ2v) is 12.5. The second kappa shape index (κ2) is 16.2. The van der Waals surface area contributed by atoms with Gasteiger partial charge < -0.3 is 40.3 Å². The van der Waals surface area contributed by atoms with Gasteiger partial charge in [-0.15, -0.1) is 0 Å². The molecule has 2 aliphatic heterocycles. The summed E-state index contributed by atoms with van der Waals surface area (Å²) in [5.74, 6) is -4.54. The number of hydrogen-bond acceptors (Lipinski definition) is 9. The zero-order valence-corrected chi connectivity index (χ0v) is 27.2. The molecule has 5 amide bonds. The third-order valence-electron chi connectivity index (χ3n) is 8.86. The van der Waals surface area contributed by atoms with E-state index in [1.165, 1.54) is 35.7 Å². The van der Waals surface area contributed by atoms with Gasteiger partial charge in [-0.3, -0.25) is 28.8 Å². The smallest absolute Gasteiger partial charge is 0.308 e. The average molecular weight is 626 g/mol. The number of cyclic esters (lactones) is 1. The summed E-state index contributed by atoms with van der Waals surface area (Å²) < 4.78 is 5.42. The van der Waals surface area contributed by atoms with E-state index in [1.54, 1.807) is 20.8 Å². The van der Waals surface area contributed by atoms with Gasteiger partial charge in [-0.2, -0.15) is 0 Å². The molecule has 2 aliphatic rings. The van der Waals surface area contributed by atoms with Gasteiger partial charge in [0.1, 0.15) is 24.2 Å². The molecule has 14 heteroatoms. The number of aliphatic hydroxyl groups excluding tert-OH is 2. The summed E-state index contributed by atoms with van der Waals surface area (Å²) in [5.41, 5.74) is 0. The number of aliphatic hydroxyl groups is 2. The molecular weight excluding hydrogens is 574 g/mol. The number of hydrogen-bond donors (Lipinski definition) is 4. The van der Waals surface area contributed by atoms with Gasteiger partial charge in [-0.1, -0.05) is 41.0 Å². The second-order valence-electron chi connectivity index (χ2n) is 12.5. The van der Waals surface area contributed by atoms with Crippen LogP contribution in [0.2, 0.25) is 0 Å². The number of esters is 1. The maximum Gasteiger partial charge on any atom is 0.308 e. The van der Waals surface area contributed by atoms with Crippen LogP contribution in [0, 0.1) is 17.8 Å². The molecule has 8 atom stereocenters. The van der Waals surface area contributed by atoms with Crippen LogP contribution >= 0.6 is 0 Å². The van der Waals surface area contributed by atoms with Crippen molar-refractivity contribution in [2.24, 2.45) is 17.8 Å². The largest absolute Gasteiger partial charge is 0.452 e. The number of nitrogens with one attached hydrogen (secondary N) is 2. The Bertz CT molecular complexity index is 1070. The highest BCUT2D eigenvalue weighted by Gasteiger charge is 2.45. The van der Waals surface area contributed by atoms with E-state index >= 15 is 0 Å². The number of nitrogens with zero attached hydrogens (tertiary/aromatic N) is 3. The number of ether oxygens (including phenoxy) is 1. The van der Waals surface area contributed by atoms with Crippen LogP contribution < -0.4 is 10.6 Å². The fourth-order valence-corrected chi connectivity index (χ4v) is 5.70. The molecule has 0 aromatic rings. The Morgan fingerprint density at radius 1 is 0.955 bits per heavy atom. The summed E-state index contributed by atoms with van der Waals surface area (Å²) in [6.45, 7) is 9.93. The van der Waals surface area contributed by atoms with E-state index in [1.807, 2.05) is 13.8 Å². The fourth-order valence-electron chi connectivity index (χ4n) is 5.70. The van der Waals surface area contributed by atoms with E-state index in [0.29, 0.717) is 12.8 Å². The lowest BCUT2D eigenvalue weighted by Gasteiger charge is -2.38. The first-order chi connectivity index (χ1) is 20.6. The summed E-state index contributed by atoms with van der Waals surface area (Å²) in [7, 11) is 2.96. The fraction of sp³-hybridized carbons (Fsp3) is 0.800. The molecule has 2 fully saturated rings. The zero-order valence-electron chi connectivity index (χ0n) is 27.2. The summed E-state index contributed by atoms with van der Waals surface area (Å²) >= 11 is 0. The minimum atomic E-state index is -1.49. The molecule has 2 heterocycles. The number of carbonyl (C=O) groups excluding carboxylic acids is 6. The first kappa shape index (κ1) is 36.9. The summed E-state index contributed by atoms with van der Waals surface area (Å²) in [4.78, 5) is 84.7. The molecule has 0 spiro atoms. The van der Waals surface area contributed by atoms with Gasteiger partial charge in [0.05, 0.1) is 19.1 Å². The van der Waals surface area contributed by atoms with E-state index in [2.05, 4.69) is 10.6 Å². The molecule has 0 radical (unpaired) electrons. The standard InChI is InChI=1S/C30H51N5O9/c1-9-17(4)23-29(42)34(8)24(16(2)3)30(43)33(7)19(6)26(39)31-12-10-22(38)44-21(14-20(37)15-36)28(41)35-13-11-18(5)25(35)27(40)32-23/h16-21,23-25,36-37H,9-15H2,1-8H3,(H,31,39)(H,32,40)/t17-,18+,19+,20-,21-,23-,24-,25-/m0/s1. The minimum absolute atomic E-state index is 0.151. The van der Waals surface area contributed by atoms with Crippen LogP contribution in [0.5, 0.6) is 0 Å². The molecule has 2 rings (SSSR count). The van der Waals surface area contributed by atoms with E-state index in [9.17, 15) is 39.0 Å². The summed E-state index contributed by atoms with van der Waals surface area (Å²) in [5, 5.41) is 25.0. The van der Waals surface area contributed by atoms with Crippen LogP contribution in [0.4, 0.5) is 0 Å². The lowest BCUT2D eigenvalue weighted by molar-refractivity contribution is -0.164. The molecule has 0 aromatic carbocycles. The summed E-state index contributed by atoms with van der Waals surface area (Å²) in [6, 6.07) is -3.90. The molecule has 2 saturated heterocycles. The predicted octanol–water partition coefficient (Wildman–Crippen LogP) is -0.741. The van der Waals surface area contributed by atoms with Crippen molar-refractivity contribution in [3.63, 3.8) is 0 Å². The molecule has 4 N–H and O–H groups in total. The number of likely N-dealkylation sites (N-methyl/N-ethyl adjacent to an activating group) is 2. The summed E-state index contributed by atoms with van der Waals surface area (Å²) in [6.07, 6.45) is -2.56. The van der Waals surface area contributed by atoms with E-state index < -0.39 is 84.9 Å². The van der Waals surface area contributed by atoms with Crippen molar-refractivity contribution in [1.29, 1.82) is 0 Å². The van der Waals surface area contributed by atoms with Crippen LogP contribution in [0.3, 0.4) is 0 Å². The Kier molecular flexibility index (Phi) is 13.6. The Labute approximate surface area is 259 Å². The Hall–Kier alpha value is -3.26. The normalized spacial score (nSPS) is 30.2. The molecule has 250 valence electrons. The molecule has 14 nitrogen and oxygen atoms in total. The van der Waals surface area contributed by atoms with Gasteiger partial charge in [0.15, 0.2) is 6.10 Å². The Morgan fingerprint density at radius 3 is 2.16 bits per heavy atom. The highest BCUT2D eigenvalue weighted by molar-refractivity contribution is 5.96. The quantitative estimate of drug-likeness (QED) is 0.276. The van der Waals surface area contributed by atoms with Gasteiger partial charge in [-0.05, 0) is 31.1 Å². The Balaban J connectivity index is 2.59. The third-order valence-corrected chi connectivity index (χ3v) is 8.86. The van der Waals surface area contributed by atoms with Crippen molar-refractivity contribution >= 4 is 35.5 Å². The molecule has 0 aliphatic carbocycles. The van der Waals surface area contributed by atoms with Crippen LogP contribution in [0.25, 0.3) is 0 Å². The third kappa shape index (κ3) is 8.68. The lowest BCUT2D eigenvalue weighted by Crippen LogP contribution is -2.61. The highest BCUT2D eigenvalue weighted by atomic mass is 16.5. The average Bonchev–Trinajstić information content (AvgIpc) is 3.37. The monoisotopic (exact) mass is 625 g/mol. The van der Waals surface area contributed by atoms with Crippen LogP contribution in [-0.2, 0) is 33.5 Å². The molecule has 44 heavy (non-hydrogen) atoms. The predicted molar refractivity (Wildman–Crippen MR) is 160 cm³/mol. The molecular formula is C30H51N5O9. The number of rotatable bonds is 6. The Morgan fingerprint density at radius 2 is 1.59 bits per heavy atom. The number of fused-ring (bicyclic) bond motifs is 1. The van der Waals surface area contributed by atoms with Gasteiger partial charge in [0.2, 0.25) is 23.6 Å². The van der Waals surface area contributed by atoms with Gasteiger partial charge in [0, 0.05) is 33.6 Å². The van der Waals surface area contributed by atoms with Gasteiger partial charge in [-0.25, -0.2) is 0 Å². The number of carbonyl (C=O) groups is 6. The van der Waals surface area contributed by atoms with Crippen molar-refractivity contribution in [3.8, 4) is 0 Å². The van der Waals surface area contributed by atoms with Crippen molar-refractivity contribution < 1.29 is 43.7 Å². The van der Waals surface area contributed by atoms with Crippen LogP contribution in [-0.4, -0.2) is 131 Å². The minimum Gasteiger partial charge on any atom is -0.452 e. The van der Waals surface area contributed by atoms with E-state index in [0.717, 1.165) is 0 Å². The van der Waals surface area contributed by atoms with E-state index in [4.69, 9.17) is 4.74 Å². The first-order valence-electron chi connectivity index (χ1n) is 15.5. The molecule has 0 aromatic heterocycles. The van der Waals surface area contributed by atoms with Gasteiger partial charge >= 0.3 is 5.97 Å². The molecule has 0 unspecified atom stereocenters. The van der Waals surface area contributed by atoms with Crippen molar-refractivity contribution in [3.05, 3.63) is 0 Å². The first-order valence-corrected chi connectivity index (χ1v) is 15.5. The molecule has 0 bridgehead atoms. The maximum atomic E-state index is 14.0. The highest BCUT2D eigenvalue weighted by Crippen LogP contribution is 2.27. The lowest BCUT2D eigenvalue weighted by atomic mass is 9.94. The van der Waals surface area contributed by atoms with Crippen molar-refractivity contribution in [1.82, 2.24) is 25.3 Å². The SMILES string of the molecule is CC[C@H](C)[C@@H]1NC(=O)[C@@H]2[C@H](C)CCN2C(=O)[C@H](C[C@H](O)CO)OC(=O)CCNC(=O)[C@@H](C)N(C)C(=O)[C@H](C(C)C)N(C)C1=O. The van der Waals surface area contributed by atoms with E-state index in [-0.39, 0.29) is 37.3 Å². The maximum absolute atomic E-state index is 14.0. The zero-order chi connectivity index (χ0) is 33.5. The van der Waals surface area contributed by atoms with Crippen LogP contribution in [0.1, 0.15) is 67.2 Å². The topological polar surface area (TPSA) is 186 Å². The van der Waals surface area contributed by atoms with Crippen LogP contribution in [0.15, 0.2) is 0 Å². The number of amides is 5. The van der Waals surface area contributed by atoms with Crippen molar-refractivity contribution in [2.45, 2.75) is 104 Å². The molecule has 0 saturated carbocycles. The van der Waals surface area contributed by atoms with Crippen molar-refractivity contribution in [2.75, 3.05) is 33.8 Å². The van der Waals surface area contributed by atoms with Gasteiger partial charge in [0.25, 0.3) is 5.91 Å².